The number of hydrogen-bond acceptors (Lipinski definition) is 5. The third-order valence-corrected chi connectivity index (χ3v) is 6.86. The first-order chi connectivity index (χ1) is 13.1. The largest absolute Gasteiger partial charge is 0.324 e. The fourth-order valence-electron chi connectivity index (χ4n) is 4.93. The number of benzene rings is 1. The lowest BCUT2D eigenvalue weighted by Crippen LogP contribution is -2.55. The third kappa shape index (κ3) is 2.56. The number of amides is 3. The second-order valence-corrected chi connectivity index (χ2v) is 10.1. The average Bonchev–Trinajstić information content (AvgIpc) is 3.18. The van der Waals surface area contributed by atoms with Crippen LogP contribution in [0.2, 0.25) is 5.02 Å². The normalized spacial score (nSPS) is 31.5. The summed E-state index contributed by atoms with van der Waals surface area (Å²) in [6.45, 7) is 5.54. The van der Waals surface area contributed by atoms with E-state index in [1.807, 2.05) is 27.0 Å². The standard InChI is InChI=1S/C20H24ClN3O3S/c1-19(2,3)24-16(25)14-13(7-8-28-4)23-20(15(14)17(24)26)11-9-10(21)5-6-12(11)22-18(20)27/h5-6,9,13-15,23H,7-8H2,1-4H3,(H,22,27)/t13-,14+,15+,20+/m0/s1. The smallest absolute Gasteiger partial charge is 0.250 e. The molecule has 1 spiro atoms. The Balaban J connectivity index is 1.89. The molecule has 0 bridgehead atoms. The van der Waals surface area contributed by atoms with Gasteiger partial charge in [-0.15, -0.1) is 0 Å². The lowest BCUT2D eigenvalue weighted by Gasteiger charge is -2.34. The number of halogens is 1. The maximum atomic E-state index is 13.5. The highest BCUT2D eigenvalue weighted by atomic mass is 35.5. The van der Waals surface area contributed by atoms with Gasteiger partial charge in [-0.1, -0.05) is 11.6 Å². The maximum absolute atomic E-state index is 13.5. The molecule has 0 aliphatic carbocycles. The molecular weight excluding hydrogens is 398 g/mol. The Bertz CT molecular complexity index is 884. The lowest BCUT2D eigenvalue weighted by atomic mass is 9.76. The van der Waals surface area contributed by atoms with Gasteiger partial charge in [-0.05, 0) is 57.4 Å². The van der Waals surface area contributed by atoms with Crippen molar-refractivity contribution >= 4 is 46.8 Å². The summed E-state index contributed by atoms with van der Waals surface area (Å²) in [6.07, 6.45) is 2.70. The van der Waals surface area contributed by atoms with Crippen LogP contribution in [0.1, 0.15) is 32.8 Å². The van der Waals surface area contributed by atoms with Crippen LogP contribution in [0.15, 0.2) is 18.2 Å². The summed E-state index contributed by atoms with van der Waals surface area (Å²) in [5, 5.41) is 6.80. The van der Waals surface area contributed by atoms with Crippen LogP contribution in [0.4, 0.5) is 5.69 Å². The van der Waals surface area contributed by atoms with Crippen LogP contribution >= 0.6 is 23.4 Å². The molecule has 1 aromatic carbocycles. The second-order valence-electron chi connectivity index (χ2n) is 8.67. The quantitative estimate of drug-likeness (QED) is 0.733. The molecular formula is C20H24ClN3O3S. The zero-order valence-corrected chi connectivity index (χ0v) is 17.9. The van der Waals surface area contributed by atoms with Gasteiger partial charge in [0.15, 0.2) is 0 Å². The van der Waals surface area contributed by atoms with Crippen molar-refractivity contribution in [1.82, 2.24) is 10.2 Å². The summed E-state index contributed by atoms with van der Waals surface area (Å²) >= 11 is 7.91. The Morgan fingerprint density at radius 1 is 1.21 bits per heavy atom. The van der Waals surface area contributed by atoms with E-state index in [2.05, 4.69) is 10.6 Å². The van der Waals surface area contributed by atoms with Crippen molar-refractivity contribution in [3.05, 3.63) is 28.8 Å². The fourth-order valence-corrected chi connectivity index (χ4v) is 5.59. The number of anilines is 1. The van der Waals surface area contributed by atoms with Crippen LogP contribution in [-0.2, 0) is 19.9 Å². The zero-order valence-electron chi connectivity index (χ0n) is 16.3. The predicted molar refractivity (Wildman–Crippen MR) is 110 cm³/mol. The Hall–Kier alpha value is -1.57. The van der Waals surface area contributed by atoms with Gasteiger partial charge in [0.2, 0.25) is 17.7 Å². The number of nitrogens with zero attached hydrogens (tertiary/aromatic N) is 1. The van der Waals surface area contributed by atoms with Gasteiger partial charge in [-0.25, -0.2) is 0 Å². The summed E-state index contributed by atoms with van der Waals surface area (Å²) in [6, 6.07) is 4.93. The number of thioether (sulfide) groups is 1. The molecule has 4 atom stereocenters. The number of hydrogen-bond donors (Lipinski definition) is 2. The summed E-state index contributed by atoms with van der Waals surface area (Å²) < 4.78 is 0. The molecule has 0 radical (unpaired) electrons. The average molecular weight is 422 g/mol. The van der Waals surface area contributed by atoms with Gasteiger partial charge >= 0.3 is 0 Å². The molecule has 2 N–H and O–H groups in total. The minimum absolute atomic E-state index is 0.193. The molecule has 28 heavy (non-hydrogen) atoms. The topological polar surface area (TPSA) is 78.5 Å². The zero-order chi connectivity index (χ0) is 20.4. The van der Waals surface area contributed by atoms with Gasteiger partial charge in [0.05, 0.1) is 11.8 Å². The number of nitrogens with one attached hydrogen (secondary N) is 2. The SMILES string of the molecule is CSCC[C@@H]1N[C@@]2(C(=O)Nc3ccc(Cl)cc32)[C@H]2C(=O)N(C(C)(C)C)C(=O)[C@H]12. The van der Waals surface area contributed by atoms with Crippen LogP contribution in [-0.4, -0.2) is 46.2 Å². The van der Waals surface area contributed by atoms with Crippen molar-refractivity contribution < 1.29 is 14.4 Å². The van der Waals surface area contributed by atoms with Gasteiger partial charge in [0.1, 0.15) is 5.54 Å². The molecule has 2 saturated heterocycles. The first-order valence-corrected chi connectivity index (χ1v) is 11.2. The highest BCUT2D eigenvalue weighted by Gasteiger charge is 2.71. The fraction of sp³-hybridized carbons (Fsp3) is 0.550. The molecule has 2 fully saturated rings. The molecule has 0 saturated carbocycles. The van der Waals surface area contributed by atoms with Crippen molar-refractivity contribution in [3.63, 3.8) is 0 Å². The second kappa shape index (κ2) is 6.47. The van der Waals surface area contributed by atoms with Crippen molar-refractivity contribution in [2.24, 2.45) is 11.8 Å². The Morgan fingerprint density at radius 3 is 2.57 bits per heavy atom. The van der Waals surface area contributed by atoms with E-state index in [9.17, 15) is 14.4 Å². The Morgan fingerprint density at radius 2 is 1.93 bits per heavy atom. The summed E-state index contributed by atoms with van der Waals surface area (Å²) in [5.41, 5.74) is -0.610. The minimum atomic E-state index is -1.26. The van der Waals surface area contributed by atoms with Gasteiger partial charge < -0.3 is 5.32 Å². The van der Waals surface area contributed by atoms with Crippen LogP contribution in [0.25, 0.3) is 0 Å². The molecule has 150 valence electrons. The van der Waals surface area contributed by atoms with E-state index in [0.29, 0.717) is 22.7 Å². The number of fused-ring (bicyclic) bond motifs is 4. The van der Waals surface area contributed by atoms with E-state index in [1.54, 1.807) is 30.0 Å². The molecule has 1 aromatic rings. The summed E-state index contributed by atoms with van der Waals surface area (Å²) in [5.74, 6) is -1.27. The van der Waals surface area contributed by atoms with Crippen molar-refractivity contribution in [2.45, 2.75) is 44.3 Å². The van der Waals surface area contributed by atoms with Crippen molar-refractivity contribution in [2.75, 3.05) is 17.3 Å². The van der Waals surface area contributed by atoms with Gasteiger partial charge in [-0.3, -0.25) is 24.6 Å². The number of carbonyl (C=O) groups is 3. The molecule has 3 amide bonds. The highest BCUT2D eigenvalue weighted by molar-refractivity contribution is 7.98. The predicted octanol–water partition coefficient (Wildman–Crippen LogP) is 2.61. The third-order valence-electron chi connectivity index (χ3n) is 5.98. The summed E-state index contributed by atoms with van der Waals surface area (Å²) in [4.78, 5) is 41.4. The van der Waals surface area contributed by atoms with Gasteiger partial charge in [0, 0.05) is 27.9 Å². The van der Waals surface area contributed by atoms with E-state index in [-0.39, 0.29) is 23.8 Å². The van der Waals surface area contributed by atoms with E-state index in [4.69, 9.17) is 11.6 Å². The Kier molecular flexibility index (Phi) is 4.56. The number of carbonyl (C=O) groups excluding carboxylic acids is 3. The first-order valence-electron chi connectivity index (χ1n) is 9.39. The van der Waals surface area contributed by atoms with Crippen LogP contribution in [0.3, 0.4) is 0 Å². The molecule has 0 unspecified atom stereocenters. The van der Waals surface area contributed by atoms with E-state index < -0.39 is 22.9 Å². The lowest BCUT2D eigenvalue weighted by molar-refractivity contribution is -0.147. The molecule has 0 aromatic heterocycles. The van der Waals surface area contributed by atoms with Crippen LogP contribution in [0, 0.1) is 11.8 Å². The van der Waals surface area contributed by atoms with E-state index >= 15 is 0 Å². The highest BCUT2D eigenvalue weighted by Crippen LogP contribution is 2.54. The number of likely N-dealkylation sites (tertiary alicyclic amines) is 1. The van der Waals surface area contributed by atoms with Crippen LogP contribution < -0.4 is 10.6 Å². The van der Waals surface area contributed by atoms with Gasteiger partial charge in [-0.2, -0.15) is 11.8 Å². The molecule has 3 aliphatic rings. The maximum Gasteiger partial charge on any atom is 0.250 e. The molecule has 8 heteroatoms. The minimum Gasteiger partial charge on any atom is -0.324 e. The molecule has 4 rings (SSSR count). The Labute approximate surface area is 173 Å². The molecule has 3 heterocycles. The summed E-state index contributed by atoms with van der Waals surface area (Å²) in [7, 11) is 0. The number of imide groups is 1. The molecule has 3 aliphatic heterocycles. The first kappa shape index (κ1) is 19.7. The van der Waals surface area contributed by atoms with E-state index in [1.165, 1.54) is 4.90 Å². The van der Waals surface area contributed by atoms with Crippen molar-refractivity contribution in [3.8, 4) is 0 Å². The van der Waals surface area contributed by atoms with Crippen molar-refractivity contribution in [1.29, 1.82) is 0 Å². The van der Waals surface area contributed by atoms with Crippen LogP contribution in [0.5, 0.6) is 0 Å². The van der Waals surface area contributed by atoms with Gasteiger partial charge in [0.25, 0.3) is 0 Å². The monoisotopic (exact) mass is 421 g/mol. The number of rotatable bonds is 3. The van der Waals surface area contributed by atoms with E-state index in [0.717, 1.165) is 5.75 Å². The molecule has 6 nitrogen and oxygen atoms in total.